The minimum atomic E-state index is -4.20. The molecule has 1 unspecified atom stereocenters. The summed E-state index contributed by atoms with van der Waals surface area (Å²) in [6.45, 7) is 4.85. The van der Waals surface area contributed by atoms with Crippen LogP contribution in [0.2, 0.25) is 0 Å². The molecule has 0 radical (unpaired) electrons. The van der Waals surface area contributed by atoms with E-state index in [1.165, 1.54) is 31.2 Å². The van der Waals surface area contributed by atoms with Crippen LogP contribution in [0.15, 0.2) is 46.1 Å². The van der Waals surface area contributed by atoms with E-state index in [1.807, 2.05) is 0 Å². The summed E-state index contributed by atoms with van der Waals surface area (Å²) in [6.07, 6.45) is 0. The zero-order chi connectivity index (χ0) is 20.4. The summed E-state index contributed by atoms with van der Waals surface area (Å²) in [5.74, 6) is -1.81. The molecule has 0 aliphatic carbocycles. The van der Waals surface area contributed by atoms with E-state index in [4.69, 9.17) is 4.74 Å². The number of rotatable bonds is 6. The van der Waals surface area contributed by atoms with E-state index in [0.717, 1.165) is 7.11 Å². The average molecular weight is 396 g/mol. The first kappa shape index (κ1) is 20.6. The van der Waals surface area contributed by atoms with Gasteiger partial charge in [-0.2, -0.15) is 8.42 Å². The van der Waals surface area contributed by atoms with Gasteiger partial charge in [-0.25, -0.2) is 4.79 Å². The first-order valence-electron chi connectivity index (χ1n) is 8.04. The zero-order valence-electron chi connectivity index (χ0n) is 15.3. The molecule has 1 heterocycles. The van der Waals surface area contributed by atoms with Crippen LogP contribution in [0.5, 0.6) is 0 Å². The Bertz CT molecular complexity index is 948. The lowest BCUT2D eigenvalue weighted by Gasteiger charge is -2.30. The average Bonchev–Trinajstić information content (AvgIpc) is 2.60. The molecule has 1 aliphatic heterocycles. The van der Waals surface area contributed by atoms with E-state index in [2.05, 4.69) is 9.50 Å². The van der Waals surface area contributed by atoms with Gasteiger partial charge in [-0.05, 0) is 26.3 Å². The number of non-ortho nitro benzene ring substituents is 1. The number of nitrogens with zero attached hydrogens (tertiary/aromatic N) is 1. The maximum atomic E-state index is 12.6. The zero-order valence-corrected chi connectivity index (χ0v) is 16.1. The standard InChI is InChI=1S/C17H20N2O7S/c1-5-26-17(20)14-10(2)18-11(3)16(27(23,24)25-4)15(14)12-7-6-8-13(9-12)19(21)22/h6-9,15,18H,5H2,1-4H3. The normalized spacial score (nSPS) is 17.6. The Labute approximate surface area is 156 Å². The van der Waals surface area contributed by atoms with E-state index in [1.54, 1.807) is 13.8 Å². The molecule has 9 nitrogen and oxygen atoms in total. The van der Waals surface area contributed by atoms with Crippen LogP contribution in [0.1, 0.15) is 32.3 Å². The van der Waals surface area contributed by atoms with Crippen molar-refractivity contribution >= 4 is 21.8 Å². The Balaban J connectivity index is 2.79. The largest absolute Gasteiger partial charge is 0.463 e. The number of hydrogen-bond acceptors (Lipinski definition) is 8. The highest BCUT2D eigenvalue weighted by Crippen LogP contribution is 2.42. The number of carbonyl (C=O) groups excluding carboxylic acids is 1. The Kier molecular flexibility index (Phi) is 6.01. The fourth-order valence-corrected chi connectivity index (χ4v) is 4.16. The van der Waals surface area contributed by atoms with Crippen molar-refractivity contribution in [3.8, 4) is 0 Å². The number of hydrogen-bond donors (Lipinski definition) is 1. The van der Waals surface area contributed by atoms with Crippen LogP contribution in [0.3, 0.4) is 0 Å². The number of esters is 1. The Hall–Kier alpha value is -2.72. The molecule has 1 aliphatic rings. The number of nitrogens with one attached hydrogen (secondary N) is 1. The van der Waals surface area contributed by atoms with E-state index in [9.17, 15) is 23.3 Å². The molecule has 10 heteroatoms. The molecule has 0 bridgehead atoms. The fraction of sp³-hybridized carbons (Fsp3) is 0.353. The molecule has 2 rings (SSSR count). The second-order valence-electron chi connectivity index (χ2n) is 5.78. The van der Waals surface area contributed by atoms with Gasteiger partial charge in [0, 0.05) is 23.5 Å². The molecule has 0 saturated heterocycles. The number of nitro groups is 1. The smallest absolute Gasteiger partial charge is 0.336 e. The Morgan fingerprint density at radius 3 is 2.52 bits per heavy atom. The van der Waals surface area contributed by atoms with Crippen LogP contribution in [-0.2, 0) is 23.8 Å². The number of ether oxygens (including phenoxy) is 1. The SMILES string of the molecule is CCOC(=O)C1=C(C)NC(C)=C(S(=O)(=O)OC)C1c1cccc([N+](=O)[O-])c1. The van der Waals surface area contributed by atoms with Gasteiger partial charge in [0.15, 0.2) is 0 Å². The van der Waals surface area contributed by atoms with Gasteiger partial charge in [-0.1, -0.05) is 12.1 Å². The highest BCUT2D eigenvalue weighted by atomic mass is 32.2. The first-order chi connectivity index (χ1) is 12.6. The van der Waals surface area contributed by atoms with Crippen molar-refractivity contribution in [2.75, 3.05) is 13.7 Å². The summed E-state index contributed by atoms with van der Waals surface area (Å²) in [4.78, 5) is 22.9. The molecule has 146 valence electrons. The van der Waals surface area contributed by atoms with Crippen molar-refractivity contribution in [1.29, 1.82) is 0 Å². The molecular weight excluding hydrogens is 376 g/mol. The van der Waals surface area contributed by atoms with Crippen LogP contribution in [0.25, 0.3) is 0 Å². The van der Waals surface area contributed by atoms with Crippen molar-refractivity contribution < 1.29 is 27.1 Å². The molecule has 0 amide bonds. The minimum Gasteiger partial charge on any atom is -0.463 e. The van der Waals surface area contributed by atoms with Crippen LogP contribution in [-0.4, -0.2) is 33.0 Å². The second kappa shape index (κ2) is 7.89. The predicted octanol–water partition coefficient (Wildman–Crippen LogP) is 2.33. The van der Waals surface area contributed by atoms with E-state index < -0.39 is 26.9 Å². The summed E-state index contributed by atoms with van der Waals surface area (Å²) in [5, 5.41) is 14.0. The van der Waals surface area contributed by atoms with Crippen molar-refractivity contribution in [3.05, 3.63) is 61.8 Å². The van der Waals surface area contributed by atoms with Gasteiger partial charge >= 0.3 is 5.97 Å². The van der Waals surface area contributed by atoms with E-state index >= 15 is 0 Å². The van der Waals surface area contributed by atoms with E-state index in [-0.39, 0.29) is 34.0 Å². The van der Waals surface area contributed by atoms with Crippen LogP contribution in [0.4, 0.5) is 5.69 Å². The van der Waals surface area contributed by atoms with Crippen molar-refractivity contribution in [2.24, 2.45) is 0 Å². The second-order valence-corrected chi connectivity index (χ2v) is 7.46. The summed E-state index contributed by atoms with van der Waals surface area (Å²) in [5.41, 5.74) is 0.761. The lowest BCUT2D eigenvalue weighted by molar-refractivity contribution is -0.384. The summed E-state index contributed by atoms with van der Waals surface area (Å²) in [6, 6.07) is 5.47. The quantitative estimate of drug-likeness (QED) is 0.336. The molecule has 1 atom stereocenters. The number of allylic oxidation sites excluding steroid dienone is 3. The molecule has 1 aromatic rings. The molecule has 0 fully saturated rings. The third kappa shape index (κ3) is 4.01. The lowest BCUT2D eigenvalue weighted by Crippen LogP contribution is -2.32. The molecule has 1 N–H and O–H groups in total. The topological polar surface area (TPSA) is 125 Å². The van der Waals surface area contributed by atoms with Gasteiger partial charge in [0.2, 0.25) is 0 Å². The van der Waals surface area contributed by atoms with Gasteiger partial charge in [0.25, 0.3) is 15.8 Å². The monoisotopic (exact) mass is 396 g/mol. The molecule has 0 spiro atoms. The number of benzene rings is 1. The molecule has 0 aromatic heterocycles. The number of dihydropyridines is 1. The summed E-state index contributed by atoms with van der Waals surface area (Å²) < 4.78 is 34.9. The Morgan fingerprint density at radius 2 is 1.96 bits per heavy atom. The third-order valence-electron chi connectivity index (χ3n) is 4.10. The van der Waals surface area contributed by atoms with Gasteiger partial charge in [0.05, 0.1) is 30.1 Å². The van der Waals surface area contributed by atoms with E-state index in [0.29, 0.717) is 5.70 Å². The minimum absolute atomic E-state index is 0.0542. The molecule has 27 heavy (non-hydrogen) atoms. The highest BCUT2D eigenvalue weighted by Gasteiger charge is 2.40. The maximum absolute atomic E-state index is 12.6. The van der Waals surface area contributed by atoms with Crippen LogP contribution in [0, 0.1) is 10.1 Å². The van der Waals surface area contributed by atoms with Crippen molar-refractivity contribution in [3.63, 3.8) is 0 Å². The summed E-state index contributed by atoms with van der Waals surface area (Å²) in [7, 11) is -3.19. The van der Waals surface area contributed by atoms with Crippen molar-refractivity contribution in [2.45, 2.75) is 26.7 Å². The van der Waals surface area contributed by atoms with Gasteiger partial charge in [-0.15, -0.1) is 0 Å². The predicted molar refractivity (Wildman–Crippen MR) is 96.9 cm³/mol. The van der Waals surface area contributed by atoms with Gasteiger partial charge in [-0.3, -0.25) is 14.3 Å². The van der Waals surface area contributed by atoms with Gasteiger partial charge < -0.3 is 10.1 Å². The van der Waals surface area contributed by atoms with Crippen LogP contribution < -0.4 is 5.32 Å². The third-order valence-corrected chi connectivity index (χ3v) is 5.62. The molecular formula is C17H20N2O7S. The number of carbonyl (C=O) groups is 1. The fourth-order valence-electron chi connectivity index (χ4n) is 3.01. The van der Waals surface area contributed by atoms with Crippen molar-refractivity contribution in [1.82, 2.24) is 5.32 Å². The van der Waals surface area contributed by atoms with Crippen LogP contribution >= 0.6 is 0 Å². The van der Waals surface area contributed by atoms with Gasteiger partial charge in [0.1, 0.15) is 4.91 Å². The highest BCUT2D eigenvalue weighted by molar-refractivity contribution is 7.90. The molecule has 0 saturated carbocycles. The number of nitro benzene ring substituents is 1. The summed E-state index contributed by atoms with van der Waals surface area (Å²) >= 11 is 0. The maximum Gasteiger partial charge on any atom is 0.336 e. The Morgan fingerprint density at radius 1 is 1.30 bits per heavy atom. The first-order valence-corrected chi connectivity index (χ1v) is 9.45. The lowest BCUT2D eigenvalue weighted by atomic mass is 9.86. The molecule has 1 aromatic carbocycles.